The van der Waals surface area contributed by atoms with E-state index >= 15 is 0 Å². The number of amides is 1. The van der Waals surface area contributed by atoms with Crippen molar-refractivity contribution in [2.75, 3.05) is 32.8 Å². The van der Waals surface area contributed by atoms with Gasteiger partial charge in [0.15, 0.2) is 0 Å². The molecule has 3 fully saturated rings. The van der Waals surface area contributed by atoms with E-state index in [1.165, 1.54) is 25.9 Å². The Morgan fingerprint density at radius 3 is 2.65 bits per heavy atom. The molecule has 0 N–H and O–H groups in total. The molecule has 1 aromatic rings. The Morgan fingerprint density at radius 2 is 2.00 bits per heavy atom. The van der Waals surface area contributed by atoms with E-state index in [4.69, 9.17) is 4.74 Å². The van der Waals surface area contributed by atoms with Gasteiger partial charge in [0, 0.05) is 32.4 Å². The molecule has 3 aliphatic heterocycles. The molecule has 1 atom stereocenters. The van der Waals surface area contributed by atoms with Crippen LogP contribution in [-0.2, 0) is 11.8 Å². The third-order valence-corrected chi connectivity index (χ3v) is 5.74. The Morgan fingerprint density at radius 1 is 1.26 bits per heavy atom. The predicted molar refractivity (Wildman–Crippen MR) is 86.2 cm³/mol. The second-order valence-corrected chi connectivity index (χ2v) is 7.26. The third kappa shape index (κ3) is 2.90. The maximum absolute atomic E-state index is 12.5. The third-order valence-electron chi connectivity index (χ3n) is 5.74. The molecule has 0 aliphatic carbocycles. The van der Waals surface area contributed by atoms with Crippen molar-refractivity contribution in [3.05, 3.63) is 18.0 Å². The highest BCUT2D eigenvalue weighted by Crippen LogP contribution is 2.38. The van der Waals surface area contributed by atoms with Crippen molar-refractivity contribution in [3.8, 4) is 0 Å². The van der Waals surface area contributed by atoms with Crippen LogP contribution in [0, 0.1) is 0 Å². The first-order valence-electron chi connectivity index (χ1n) is 8.82. The zero-order valence-electron chi connectivity index (χ0n) is 13.9. The summed E-state index contributed by atoms with van der Waals surface area (Å²) in [6.45, 7) is 4.89. The molecule has 23 heavy (non-hydrogen) atoms. The van der Waals surface area contributed by atoms with E-state index in [0.717, 1.165) is 39.0 Å². The van der Waals surface area contributed by atoms with Crippen LogP contribution in [0.1, 0.15) is 42.6 Å². The van der Waals surface area contributed by atoms with E-state index in [2.05, 4.69) is 10.00 Å². The highest BCUT2D eigenvalue weighted by atomic mass is 16.5. The van der Waals surface area contributed by atoms with Gasteiger partial charge in [-0.3, -0.25) is 14.4 Å². The van der Waals surface area contributed by atoms with Gasteiger partial charge in [0.2, 0.25) is 0 Å². The van der Waals surface area contributed by atoms with Crippen molar-refractivity contribution >= 4 is 5.91 Å². The van der Waals surface area contributed by atoms with E-state index in [1.54, 1.807) is 10.7 Å². The lowest BCUT2D eigenvalue weighted by atomic mass is 9.87. The number of nitrogens with zero attached hydrogens (tertiary/aromatic N) is 4. The Kier molecular flexibility index (Phi) is 3.89. The molecular formula is C17H26N4O2. The van der Waals surface area contributed by atoms with Gasteiger partial charge in [-0.1, -0.05) is 0 Å². The maximum Gasteiger partial charge on any atom is 0.274 e. The molecule has 1 aromatic heterocycles. The molecule has 1 amide bonds. The number of carbonyl (C=O) groups is 1. The maximum atomic E-state index is 12.5. The van der Waals surface area contributed by atoms with Gasteiger partial charge in [-0.15, -0.1) is 0 Å². The number of aryl methyl sites for hydroxylation is 1. The SMILES string of the molecule is Cn1ccc(C(=O)N2CCC3(CC2)CC(N2CCCC2)CO3)n1. The molecule has 3 aliphatic rings. The quantitative estimate of drug-likeness (QED) is 0.824. The average Bonchev–Trinajstić information content (AvgIpc) is 3.28. The molecule has 4 heterocycles. The predicted octanol–water partition coefficient (Wildman–Crippen LogP) is 1.28. The molecule has 0 bridgehead atoms. The summed E-state index contributed by atoms with van der Waals surface area (Å²) in [5, 5.41) is 4.23. The number of hydrogen-bond acceptors (Lipinski definition) is 4. The summed E-state index contributed by atoms with van der Waals surface area (Å²) in [6.07, 6.45) is 7.52. The minimum atomic E-state index is 0.00809. The molecule has 6 heteroatoms. The number of aromatic nitrogens is 2. The lowest BCUT2D eigenvalue weighted by Crippen LogP contribution is -2.47. The van der Waals surface area contributed by atoms with Gasteiger partial charge in [0.05, 0.1) is 12.2 Å². The van der Waals surface area contributed by atoms with Crippen molar-refractivity contribution in [3.63, 3.8) is 0 Å². The van der Waals surface area contributed by atoms with Gasteiger partial charge in [0.1, 0.15) is 5.69 Å². The summed E-state index contributed by atoms with van der Waals surface area (Å²) in [5.74, 6) is 0.0505. The zero-order chi connectivity index (χ0) is 15.9. The molecule has 126 valence electrons. The van der Waals surface area contributed by atoms with Crippen LogP contribution in [0.25, 0.3) is 0 Å². The van der Waals surface area contributed by atoms with Gasteiger partial charge >= 0.3 is 0 Å². The van der Waals surface area contributed by atoms with Gasteiger partial charge in [-0.25, -0.2) is 0 Å². The lowest BCUT2D eigenvalue weighted by Gasteiger charge is -2.38. The van der Waals surface area contributed by atoms with Crippen molar-refractivity contribution in [1.82, 2.24) is 19.6 Å². The standard InChI is InChI=1S/C17H26N4O2/c1-19-9-4-15(18-19)16(22)21-10-5-17(6-11-21)12-14(13-23-17)20-7-2-3-8-20/h4,9,14H,2-3,5-8,10-13H2,1H3. The van der Waals surface area contributed by atoms with E-state index in [0.29, 0.717) is 11.7 Å². The van der Waals surface area contributed by atoms with Gasteiger partial charge < -0.3 is 9.64 Å². The molecule has 4 rings (SSSR count). The molecule has 6 nitrogen and oxygen atoms in total. The first-order valence-corrected chi connectivity index (χ1v) is 8.82. The molecule has 1 unspecified atom stereocenters. The Balaban J connectivity index is 1.35. The number of carbonyl (C=O) groups excluding carboxylic acids is 1. The van der Waals surface area contributed by atoms with Gasteiger partial charge in [-0.2, -0.15) is 5.10 Å². The van der Waals surface area contributed by atoms with Crippen LogP contribution in [0.4, 0.5) is 0 Å². The second-order valence-electron chi connectivity index (χ2n) is 7.26. The van der Waals surface area contributed by atoms with Crippen LogP contribution in [-0.4, -0.2) is 69.9 Å². The van der Waals surface area contributed by atoms with Crippen LogP contribution in [0.5, 0.6) is 0 Å². The number of ether oxygens (including phenoxy) is 1. The highest BCUT2D eigenvalue weighted by Gasteiger charge is 2.45. The van der Waals surface area contributed by atoms with E-state index in [-0.39, 0.29) is 11.5 Å². The van der Waals surface area contributed by atoms with Gasteiger partial charge in [-0.05, 0) is 51.3 Å². The highest BCUT2D eigenvalue weighted by molar-refractivity contribution is 5.92. The van der Waals surface area contributed by atoms with Gasteiger partial charge in [0.25, 0.3) is 5.91 Å². The summed E-state index contributed by atoms with van der Waals surface area (Å²) in [6, 6.07) is 2.39. The van der Waals surface area contributed by atoms with Crippen LogP contribution in [0.3, 0.4) is 0 Å². The molecule has 1 spiro atoms. The van der Waals surface area contributed by atoms with Crippen LogP contribution in [0.2, 0.25) is 0 Å². The summed E-state index contributed by atoms with van der Waals surface area (Å²) >= 11 is 0. The topological polar surface area (TPSA) is 50.6 Å². The Bertz CT molecular complexity index is 571. The van der Waals surface area contributed by atoms with Crippen LogP contribution >= 0.6 is 0 Å². The van der Waals surface area contributed by atoms with Crippen molar-refractivity contribution in [2.24, 2.45) is 7.05 Å². The molecule has 3 saturated heterocycles. The first kappa shape index (κ1) is 15.1. The Labute approximate surface area is 137 Å². The van der Waals surface area contributed by atoms with Crippen molar-refractivity contribution in [1.29, 1.82) is 0 Å². The first-order chi connectivity index (χ1) is 11.2. The average molecular weight is 318 g/mol. The van der Waals surface area contributed by atoms with Crippen LogP contribution < -0.4 is 0 Å². The summed E-state index contributed by atoms with van der Waals surface area (Å²) in [7, 11) is 1.84. The van der Waals surface area contributed by atoms with Crippen LogP contribution in [0.15, 0.2) is 12.3 Å². The number of rotatable bonds is 2. The minimum absolute atomic E-state index is 0.00809. The summed E-state index contributed by atoms with van der Waals surface area (Å²) in [4.78, 5) is 17.0. The summed E-state index contributed by atoms with van der Waals surface area (Å²) < 4.78 is 7.92. The monoisotopic (exact) mass is 318 g/mol. The Hall–Kier alpha value is -1.40. The molecule has 0 saturated carbocycles. The second kappa shape index (κ2) is 5.91. The lowest BCUT2D eigenvalue weighted by molar-refractivity contribution is -0.0394. The number of hydrogen-bond donors (Lipinski definition) is 0. The fourth-order valence-electron chi connectivity index (χ4n) is 4.32. The van der Waals surface area contributed by atoms with E-state index in [9.17, 15) is 4.79 Å². The number of likely N-dealkylation sites (tertiary alicyclic amines) is 2. The summed E-state index contributed by atoms with van der Waals surface area (Å²) in [5.41, 5.74) is 0.555. The van der Waals surface area contributed by atoms with Crippen molar-refractivity contribution < 1.29 is 9.53 Å². The van der Waals surface area contributed by atoms with E-state index in [1.807, 2.05) is 18.1 Å². The molecule has 0 aromatic carbocycles. The minimum Gasteiger partial charge on any atom is -0.373 e. The van der Waals surface area contributed by atoms with E-state index < -0.39 is 0 Å². The molecular weight excluding hydrogens is 292 g/mol. The number of piperidine rings is 1. The zero-order valence-corrected chi connectivity index (χ0v) is 13.9. The smallest absolute Gasteiger partial charge is 0.274 e. The normalized spacial score (nSPS) is 27.9. The molecule has 0 radical (unpaired) electrons. The largest absolute Gasteiger partial charge is 0.373 e. The fraction of sp³-hybridized carbons (Fsp3) is 0.765. The van der Waals surface area contributed by atoms with Crippen molar-refractivity contribution in [2.45, 2.75) is 43.7 Å². The fourth-order valence-corrected chi connectivity index (χ4v) is 4.32.